The molecular formula is C25H25ClFN3O3S. The van der Waals surface area contributed by atoms with E-state index in [2.05, 4.69) is 4.90 Å². The minimum absolute atomic E-state index is 0.0944. The summed E-state index contributed by atoms with van der Waals surface area (Å²) in [7, 11) is -3.57. The van der Waals surface area contributed by atoms with Gasteiger partial charge in [-0.3, -0.25) is 9.10 Å². The van der Waals surface area contributed by atoms with Gasteiger partial charge < -0.3 is 9.80 Å². The number of rotatable bonds is 6. The molecule has 1 aliphatic rings. The second kappa shape index (κ2) is 10.0. The molecule has 0 radical (unpaired) electrons. The summed E-state index contributed by atoms with van der Waals surface area (Å²) in [6.07, 6.45) is 1.14. The van der Waals surface area contributed by atoms with E-state index in [0.717, 1.165) is 11.9 Å². The molecular weight excluding hydrogens is 477 g/mol. The minimum atomic E-state index is -3.57. The van der Waals surface area contributed by atoms with E-state index in [9.17, 15) is 17.6 Å². The molecule has 3 aromatic carbocycles. The largest absolute Gasteiger partial charge is 0.368 e. The third-order valence-corrected chi connectivity index (χ3v) is 7.34. The standard InChI is InChI=1S/C25H25ClFN3O3S/c1-34(32,33)30(18-20-4-2-3-5-24(20)26)23-10-6-19(7-11-23)25(31)29-16-14-28(15-17-29)22-12-8-21(27)9-13-22/h2-13H,14-18H2,1H3. The van der Waals surface area contributed by atoms with Crippen LogP contribution in [0.1, 0.15) is 15.9 Å². The number of hydrogen-bond acceptors (Lipinski definition) is 4. The molecule has 6 nitrogen and oxygen atoms in total. The first kappa shape index (κ1) is 24.0. The molecule has 34 heavy (non-hydrogen) atoms. The highest BCUT2D eigenvalue weighted by Crippen LogP contribution is 2.25. The van der Waals surface area contributed by atoms with E-state index in [1.807, 2.05) is 0 Å². The van der Waals surface area contributed by atoms with Gasteiger partial charge in [0.2, 0.25) is 10.0 Å². The van der Waals surface area contributed by atoms with Crippen LogP contribution in [0.3, 0.4) is 0 Å². The highest BCUT2D eigenvalue weighted by atomic mass is 35.5. The molecule has 1 saturated heterocycles. The SMILES string of the molecule is CS(=O)(=O)N(Cc1ccccc1Cl)c1ccc(C(=O)N2CCN(c3ccc(F)cc3)CC2)cc1. The molecule has 0 bridgehead atoms. The van der Waals surface area contributed by atoms with Crippen molar-refractivity contribution in [2.24, 2.45) is 0 Å². The van der Waals surface area contributed by atoms with Crippen molar-refractivity contribution in [3.05, 3.63) is 94.8 Å². The van der Waals surface area contributed by atoms with Crippen LogP contribution < -0.4 is 9.21 Å². The van der Waals surface area contributed by atoms with E-state index in [-0.39, 0.29) is 18.3 Å². The summed E-state index contributed by atoms with van der Waals surface area (Å²) in [4.78, 5) is 16.9. The monoisotopic (exact) mass is 501 g/mol. The van der Waals surface area contributed by atoms with Crippen LogP contribution in [-0.2, 0) is 16.6 Å². The van der Waals surface area contributed by atoms with Crippen LogP contribution >= 0.6 is 11.6 Å². The van der Waals surface area contributed by atoms with Gasteiger partial charge in [0.15, 0.2) is 0 Å². The van der Waals surface area contributed by atoms with Gasteiger partial charge in [0.1, 0.15) is 5.82 Å². The van der Waals surface area contributed by atoms with Crippen LogP contribution in [0.25, 0.3) is 0 Å². The Balaban J connectivity index is 1.44. The summed E-state index contributed by atoms with van der Waals surface area (Å²) in [5, 5.41) is 0.489. The van der Waals surface area contributed by atoms with Crippen molar-refractivity contribution >= 4 is 38.9 Å². The molecule has 0 unspecified atom stereocenters. The molecule has 0 N–H and O–H groups in total. The smallest absolute Gasteiger partial charge is 0.253 e. The first-order chi connectivity index (χ1) is 16.2. The zero-order valence-corrected chi connectivity index (χ0v) is 20.3. The lowest BCUT2D eigenvalue weighted by atomic mass is 10.1. The first-order valence-electron chi connectivity index (χ1n) is 10.8. The number of piperazine rings is 1. The summed E-state index contributed by atoms with van der Waals surface area (Å²) < 4.78 is 39.4. The minimum Gasteiger partial charge on any atom is -0.368 e. The molecule has 1 aliphatic heterocycles. The average Bonchev–Trinajstić information content (AvgIpc) is 2.83. The van der Waals surface area contributed by atoms with Gasteiger partial charge in [0.25, 0.3) is 5.91 Å². The number of halogens is 2. The Kier molecular flexibility index (Phi) is 7.09. The van der Waals surface area contributed by atoms with E-state index < -0.39 is 10.0 Å². The maximum Gasteiger partial charge on any atom is 0.253 e. The third kappa shape index (κ3) is 5.51. The molecule has 0 saturated carbocycles. The van der Waals surface area contributed by atoms with Crippen LogP contribution in [0.4, 0.5) is 15.8 Å². The number of nitrogens with zero attached hydrogens (tertiary/aromatic N) is 3. The highest BCUT2D eigenvalue weighted by molar-refractivity contribution is 7.92. The van der Waals surface area contributed by atoms with Crippen LogP contribution in [0, 0.1) is 5.82 Å². The molecule has 0 aromatic heterocycles. The Morgan fingerprint density at radius 2 is 1.56 bits per heavy atom. The van der Waals surface area contributed by atoms with E-state index >= 15 is 0 Å². The first-order valence-corrected chi connectivity index (χ1v) is 13.1. The molecule has 1 fully saturated rings. The summed E-state index contributed by atoms with van der Waals surface area (Å²) >= 11 is 6.22. The molecule has 0 spiro atoms. The van der Waals surface area contributed by atoms with Gasteiger partial charge >= 0.3 is 0 Å². The number of benzene rings is 3. The molecule has 4 rings (SSSR count). The van der Waals surface area contributed by atoms with E-state index in [0.29, 0.717) is 48.0 Å². The molecule has 1 heterocycles. The van der Waals surface area contributed by atoms with Crippen molar-refractivity contribution in [1.29, 1.82) is 0 Å². The Labute approximate surface area is 204 Å². The van der Waals surface area contributed by atoms with Crippen molar-refractivity contribution in [3.63, 3.8) is 0 Å². The Morgan fingerprint density at radius 3 is 2.15 bits per heavy atom. The third-order valence-electron chi connectivity index (χ3n) is 5.83. The van der Waals surface area contributed by atoms with Crippen LogP contribution in [0.15, 0.2) is 72.8 Å². The van der Waals surface area contributed by atoms with Crippen molar-refractivity contribution in [3.8, 4) is 0 Å². The highest BCUT2D eigenvalue weighted by Gasteiger charge is 2.24. The van der Waals surface area contributed by atoms with E-state index in [4.69, 9.17) is 11.6 Å². The Hall–Kier alpha value is -3.10. The quantitative estimate of drug-likeness (QED) is 0.502. The predicted octanol–water partition coefficient (Wildman–Crippen LogP) is 4.41. The fraction of sp³-hybridized carbons (Fsp3) is 0.240. The van der Waals surface area contributed by atoms with Crippen LogP contribution in [0.2, 0.25) is 5.02 Å². The lowest BCUT2D eigenvalue weighted by molar-refractivity contribution is 0.0747. The van der Waals surface area contributed by atoms with Crippen molar-refractivity contribution in [2.45, 2.75) is 6.54 Å². The van der Waals surface area contributed by atoms with Gasteiger partial charge in [-0.2, -0.15) is 0 Å². The zero-order valence-electron chi connectivity index (χ0n) is 18.7. The van der Waals surface area contributed by atoms with Crippen molar-refractivity contribution in [1.82, 2.24) is 4.90 Å². The molecule has 3 aromatic rings. The van der Waals surface area contributed by atoms with E-state index in [1.54, 1.807) is 65.6 Å². The van der Waals surface area contributed by atoms with Gasteiger partial charge in [-0.15, -0.1) is 0 Å². The van der Waals surface area contributed by atoms with Crippen LogP contribution in [0.5, 0.6) is 0 Å². The lowest BCUT2D eigenvalue weighted by Crippen LogP contribution is -2.48. The van der Waals surface area contributed by atoms with Gasteiger partial charge in [-0.1, -0.05) is 29.8 Å². The molecule has 178 valence electrons. The number of amides is 1. The molecule has 0 aliphatic carbocycles. The molecule has 9 heteroatoms. The zero-order chi connectivity index (χ0) is 24.3. The maximum atomic E-state index is 13.2. The number of hydrogen-bond donors (Lipinski definition) is 0. The second-order valence-corrected chi connectivity index (χ2v) is 10.5. The fourth-order valence-corrected chi connectivity index (χ4v) is 5.03. The maximum absolute atomic E-state index is 13.2. The van der Waals surface area contributed by atoms with Gasteiger partial charge in [-0.25, -0.2) is 12.8 Å². The Morgan fingerprint density at radius 1 is 0.941 bits per heavy atom. The fourth-order valence-electron chi connectivity index (χ4n) is 3.95. The normalized spacial score (nSPS) is 14.2. The van der Waals surface area contributed by atoms with Gasteiger partial charge in [0.05, 0.1) is 18.5 Å². The molecule has 0 atom stereocenters. The van der Waals surface area contributed by atoms with Crippen LogP contribution in [-0.4, -0.2) is 51.7 Å². The van der Waals surface area contributed by atoms with Crippen molar-refractivity contribution < 1.29 is 17.6 Å². The van der Waals surface area contributed by atoms with Gasteiger partial charge in [0, 0.05) is 42.5 Å². The summed E-state index contributed by atoms with van der Waals surface area (Å²) in [5.41, 5.74) is 2.57. The second-order valence-electron chi connectivity index (χ2n) is 8.16. The molecule has 1 amide bonds. The summed E-state index contributed by atoms with van der Waals surface area (Å²) in [6.45, 7) is 2.47. The topological polar surface area (TPSA) is 60.9 Å². The number of carbonyl (C=O) groups excluding carboxylic acids is 1. The predicted molar refractivity (Wildman–Crippen MR) is 133 cm³/mol. The number of sulfonamides is 1. The van der Waals surface area contributed by atoms with Gasteiger partial charge in [-0.05, 0) is 60.2 Å². The average molecular weight is 502 g/mol. The summed E-state index contributed by atoms with van der Waals surface area (Å²) in [6, 6.07) is 20.0. The number of carbonyl (C=O) groups is 1. The van der Waals surface area contributed by atoms with Crippen molar-refractivity contribution in [2.75, 3.05) is 41.6 Å². The summed E-state index contributed by atoms with van der Waals surface area (Å²) in [5.74, 6) is -0.385. The number of anilines is 2. The lowest BCUT2D eigenvalue weighted by Gasteiger charge is -2.36. The van der Waals surface area contributed by atoms with E-state index in [1.165, 1.54) is 16.4 Å². The Bertz CT molecular complexity index is 1260.